The van der Waals surface area contributed by atoms with Crippen LogP contribution in [0.15, 0.2) is 34.8 Å². The van der Waals surface area contributed by atoms with E-state index in [0.29, 0.717) is 37.6 Å². The second kappa shape index (κ2) is 7.01. The first-order chi connectivity index (χ1) is 9.51. The van der Waals surface area contributed by atoms with Crippen molar-refractivity contribution in [1.29, 1.82) is 0 Å². The van der Waals surface area contributed by atoms with E-state index in [1.54, 1.807) is 18.2 Å². The van der Waals surface area contributed by atoms with Crippen LogP contribution in [-0.4, -0.2) is 6.54 Å². The molecule has 2 N–H and O–H groups in total. The highest BCUT2D eigenvalue weighted by Crippen LogP contribution is 2.37. The summed E-state index contributed by atoms with van der Waals surface area (Å²) < 4.78 is 6.42. The molecule has 6 heteroatoms. The van der Waals surface area contributed by atoms with Crippen LogP contribution in [0.5, 0.6) is 11.5 Å². The van der Waals surface area contributed by atoms with Gasteiger partial charge in [0, 0.05) is 15.6 Å². The third-order valence-electron chi connectivity index (χ3n) is 2.64. The van der Waals surface area contributed by atoms with Crippen LogP contribution in [-0.2, 0) is 6.42 Å². The Hall–Kier alpha value is -0.450. The molecule has 2 nitrogen and oxygen atoms in total. The molecule has 0 saturated heterocycles. The predicted molar refractivity (Wildman–Crippen MR) is 88.4 cm³/mol. The molecule has 2 aromatic rings. The van der Waals surface area contributed by atoms with Crippen molar-refractivity contribution in [3.8, 4) is 11.5 Å². The molecule has 0 radical (unpaired) electrons. The Kier molecular flexibility index (Phi) is 5.58. The van der Waals surface area contributed by atoms with Gasteiger partial charge in [-0.15, -0.1) is 0 Å². The normalized spacial score (nSPS) is 10.7. The minimum Gasteiger partial charge on any atom is -0.456 e. The van der Waals surface area contributed by atoms with E-state index in [1.165, 1.54) is 0 Å². The maximum absolute atomic E-state index is 6.17. The van der Waals surface area contributed by atoms with Gasteiger partial charge < -0.3 is 10.5 Å². The molecule has 0 aliphatic carbocycles. The fourth-order valence-electron chi connectivity index (χ4n) is 1.66. The number of hydrogen-bond acceptors (Lipinski definition) is 2. The van der Waals surface area contributed by atoms with Crippen LogP contribution in [0.25, 0.3) is 0 Å². The molecule has 2 aromatic carbocycles. The summed E-state index contributed by atoms with van der Waals surface area (Å²) in [6.07, 6.45) is 0.726. The lowest BCUT2D eigenvalue weighted by molar-refractivity contribution is 0.482. The second-order valence-electron chi connectivity index (χ2n) is 4.09. The summed E-state index contributed by atoms with van der Waals surface area (Å²) in [6.45, 7) is 0.550. The smallest absolute Gasteiger partial charge is 0.147 e. The molecule has 0 fully saturated rings. The first-order valence-electron chi connectivity index (χ1n) is 5.82. The molecule has 0 heterocycles. The topological polar surface area (TPSA) is 35.2 Å². The number of benzene rings is 2. The van der Waals surface area contributed by atoms with E-state index in [9.17, 15) is 0 Å². The largest absolute Gasteiger partial charge is 0.456 e. The zero-order valence-corrected chi connectivity index (χ0v) is 14.2. The summed E-state index contributed by atoms with van der Waals surface area (Å²) in [5, 5.41) is 1.60. The van der Waals surface area contributed by atoms with E-state index in [4.69, 9.17) is 45.3 Å². The summed E-state index contributed by atoms with van der Waals surface area (Å²) in [5.74, 6) is 1.07. The molecule has 0 aliphatic rings. The molecule has 0 saturated carbocycles. The van der Waals surface area contributed by atoms with Crippen molar-refractivity contribution in [3.63, 3.8) is 0 Å². The van der Waals surface area contributed by atoms with Gasteiger partial charge in [-0.25, -0.2) is 0 Å². The van der Waals surface area contributed by atoms with Gasteiger partial charge in [0.2, 0.25) is 0 Å². The highest BCUT2D eigenvalue weighted by Gasteiger charge is 2.09. The van der Waals surface area contributed by atoms with Gasteiger partial charge in [-0.3, -0.25) is 0 Å². The Morgan fingerprint density at radius 2 is 1.75 bits per heavy atom. The van der Waals surface area contributed by atoms with E-state index in [0.717, 1.165) is 12.0 Å². The van der Waals surface area contributed by atoms with Crippen molar-refractivity contribution in [3.05, 3.63) is 55.4 Å². The van der Waals surface area contributed by atoms with Gasteiger partial charge >= 0.3 is 0 Å². The minimum absolute atomic E-state index is 0.462. The van der Waals surface area contributed by atoms with Gasteiger partial charge in [-0.1, -0.05) is 40.9 Å². The van der Waals surface area contributed by atoms with Crippen LogP contribution >= 0.6 is 50.7 Å². The van der Waals surface area contributed by atoms with Crippen LogP contribution < -0.4 is 10.5 Å². The lowest BCUT2D eigenvalue weighted by Crippen LogP contribution is -2.03. The van der Waals surface area contributed by atoms with Crippen molar-refractivity contribution in [1.82, 2.24) is 0 Å². The molecule has 0 spiro atoms. The maximum Gasteiger partial charge on any atom is 0.147 e. The summed E-state index contributed by atoms with van der Waals surface area (Å²) in [5.41, 5.74) is 6.50. The monoisotopic (exact) mass is 393 g/mol. The van der Waals surface area contributed by atoms with Gasteiger partial charge in [0.15, 0.2) is 0 Å². The quantitative estimate of drug-likeness (QED) is 0.674. The molecule has 0 unspecified atom stereocenters. The highest BCUT2D eigenvalue weighted by molar-refractivity contribution is 9.10. The molecular formula is C14H11BrCl3NO. The van der Waals surface area contributed by atoms with Crippen molar-refractivity contribution in [2.45, 2.75) is 6.42 Å². The predicted octanol–water partition coefficient (Wildman–Crippen LogP) is 5.70. The summed E-state index contributed by atoms with van der Waals surface area (Å²) >= 11 is 21.6. The number of halogens is 4. The molecule has 0 aromatic heterocycles. The molecule has 0 atom stereocenters. The zero-order chi connectivity index (χ0) is 14.7. The van der Waals surface area contributed by atoms with Gasteiger partial charge in [0.25, 0.3) is 0 Å². The minimum atomic E-state index is 0.462. The van der Waals surface area contributed by atoms with Gasteiger partial charge in [-0.05, 0) is 52.7 Å². The Labute approximate surface area is 140 Å². The third kappa shape index (κ3) is 3.80. The molecule has 0 aliphatic heterocycles. The van der Waals surface area contributed by atoms with Gasteiger partial charge in [-0.2, -0.15) is 0 Å². The molecule has 2 rings (SSSR count). The fraction of sp³-hybridized carbons (Fsp3) is 0.143. The SMILES string of the molecule is NCCc1ccc(Oc2cc(Cl)c(Br)cc2Cl)cc1Cl. The lowest BCUT2D eigenvalue weighted by atomic mass is 10.1. The molecule has 106 valence electrons. The molecular weight excluding hydrogens is 384 g/mol. The average molecular weight is 396 g/mol. The van der Waals surface area contributed by atoms with Gasteiger partial charge in [0.1, 0.15) is 11.5 Å². The first kappa shape index (κ1) is 15.9. The van der Waals surface area contributed by atoms with E-state index in [1.807, 2.05) is 12.1 Å². The van der Waals surface area contributed by atoms with Crippen LogP contribution in [0.3, 0.4) is 0 Å². The number of hydrogen-bond donors (Lipinski definition) is 1. The number of rotatable bonds is 4. The number of nitrogens with two attached hydrogens (primary N) is 1. The summed E-state index contributed by atoms with van der Waals surface area (Å²) in [7, 11) is 0. The molecule has 0 bridgehead atoms. The fourth-order valence-corrected chi connectivity index (χ4v) is 2.76. The van der Waals surface area contributed by atoms with Crippen molar-refractivity contribution >= 4 is 50.7 Å². The number of ether oxygens (including phenoxy) is 1. The van der Waals surface area contributed by atoms with E-state index >= 15 is 0 Å². The maximum atomic E-state index is 6.17. The summed E-state index contributed by atoms with van der Waals surface area (Å²) in [4.78, 5) is 0. The zero-order valence-electron chi connectivity index (χ0n) is 10.3. The molecule has 20 heavy (non-hydrogen) atoms. The van der Waals surface area contributed by atoms with E-state index in [-0.39, 0.29) is 0 Å². The average Bonchev–Trinajstić information content (AvgIpc) is 2.39. The Morgan fingerprint density at radius 3 is 2.40 bits per heavy atom. The van der Waals surface area contributed by atoms with Crippen LogP contribution in [0.1, 0.15) is 5.56 Å². The Morgan fingerprint density at radius 1 is 1.00 bits per heavy atom. The van der Waals surface area contributed by atoms with Crippen molar-refractivity contribution in [2.24, 2.45) is 5.73 Å². The van der Waals surface area contributed by atoms with Crippen LogP contribution in [0, 0.1) is 0 Å². The van der Waals surface area contributed by atoms with Crippen LogP contribution in [0.2, 0.25) is 15.1 Å². The molecule has 0 amide bonds. The van der Waals surface area contributed by atoms with E-state index < -0.39 is 0 Å². The standard InChI is InChI=1S/C14H11BrCl3NO/c15-10-6-13(18)14(7-12(10)17)20-9-2-1-8(3-4-19)11(16)5-9/h1-2,5-7H,3-4,19H2. The highest BCUT2D eigenvalue weighted by atomic mass is 79.9. The summed E-state index contributed by atoms with van der Waals surface area (Å²) in [6, 6.07) is 8.78. The lowest BCUT2D eigenvalue weighted by Gasteiger charge is -2.11. The Balaban J connectivity index is 2.26. The first-order valence-corrected chi connectivity index (χ1v) is 7.75. The van der Waals surface area contributed by atoms with Crippen LogP contribution in [0.4, 0.5) is 0 Å². The Bertz CT molecular complexity index is 634. The van der Waals surface area contributed by atoms with E-state index in [2.05, 4.69) is 15.9 Å². The van der Waals surface area contributed by atoms with Gasteiger partial charge in [0.05, 0.1) is 10.0 Å². The van der Waals surface area contributed by atoms with Crippen molar-refractivity contribution in [2.75, 3.05) is 6.54 Å². The third-order valence-corrected chi connectivity index (χ3v) is 4.49. The van der Waals surface area contributed by atoms with Crippen molar-refractivity contribution < 1.29 is 4.74 Å². The second-order valence-corrected chi connectivity index (χ2v) is 6.17.